The molecule has 8 heteroatoms. The van der Waals surface area contributed by atoms with Crippen molar-refractivity contribution in [3.8, 4) is 5.75 Å². The third kappa shape index (κ3) is 3.33. The molecular weight excluding hydrogens is 330 g/mol. The first kappa shape index (κ1) is 16.3. The third-order valence-electron chi connectivity index (χ3n) is 3.90. The maximum atomic E-state index is 12.3. The van der Waals surface area contributed by atoms with Crippen molar-refractivity contribution in [1.82, 2.24) is 10.3 Å². The number of nitrogens with one attached hydrogen (secondary N) is 2. The standard InChI is InChI=1S/C16H17N3O4S/c1-23-13-5-3-2-4-12(13)19-8-10(6-14(19)20)15(21)17-7-11-9-24-16(22)18-11/h2-5,9-10H,6-8H2,1H3,(H,17,21)(H,18,22). The van der Waals surface area contributed by atoms with Gasteiger partial charge in [-0.15, -0.1) is 0 Å². The molecule has 1 aliphatic heterocycles. The fraction of sp³-hybridized carbons (Fsp3) is 0.312. The largest absolute Gasteiger partial charge is 0.495 e. The van der Waals surface area contributed by atoms with Crippen molar-refractivity contribution in [3.05, 3.63) is 45.0 Å². The number of aromatic amines is 1. The van der Waals surface area contributed by atoms with Crippen LogP contribution < -0.4 is 19.8 Å². The maximum Gasteiger partial charge on any atom is 0.304 e. The van der Waals surface area contributed by atoms with E-state index < -0.39 is 5.92 Å². The quantitative estimate of drug-likeness (QED) is 0.848. The molecule has 0 spiro atoms. The molecule has 1 aliphatic rings. The molecule has 2 amide bonds. The molecule has 1 unspecified atom stereocenters. The van der Waals surface area contributed by atoms with Crippen LogP contribution in [0.2, 0.25) is 0 Å². The maximum absolute atomic E-state index is 12.3. The summed E-state index contributed by atoms with van der Waals surface area (Å²) in [5, 5.41) is 4.43. The summed E-state index contributed by atoms with van der Waals surface area (Å²) in [6.45, 7) is 0.558. The zero-order chi connectivity index (χ0) is 17.1. The number of aromatic nitrogens is 1. The van der Waals surface area contributed by atoms with Crippen LogP contribution in [0.5, 0.6) is 5.75 Å². The predicted molar refractivity (Wildman–Crippen MR) is 90.2 cm³/mol. The highest BCUT2D eigenvalue weighted by Gasteiger charge is 2.36. The molecule has 24 heavy (non-hydrogen) atoms. The lowest BCUT2D eigenvalue weighted by atomic mass is 10.1. The van der Waals surface area contributed by atoms with Crippen LogP contribution in [0.3, 0.4) is 0 Å². The van der Waals surface area contributed by atoms with Gasteiger partial charge in [0.1, 0.15) is 5.75 Å². The number of hydrogen-bond donors (Lipinski definition) is 2. The summed E-state index contributed by atoms with van der Waals surface area (Å²) in [5.41, 5.74) is 1.33. The number of carbonyl (C=O) groups is 2. The number of H-pyrrole nitrogens is 1. The van der Waals surface area contributed by atoms with Crippen LogP contribution >= 0.6 is 11.3 Å². The number of rotatable bonds is 5. The van der Waals surface area contributed by atoms with Gasteiger partial charge in [0.05, 0.1) is 25.3 Å². The van der Waals surface area contributed by atoms with Crippen LogP contribution in [0.25, 0.3) is 0 Å². The first-order valence-electron chi connectivity index (χ1n) is 7.46. The Bertz CT molecular complexity index is 813. The van der Waals surface area contributed by atoms with E-state index in [0.29, 0.717) is 23.7 Å². The smallest absolute Gasteiger partial charge is 0.304 e. The lowest BCUT2D eigenvalue weighted by Gasteiger charge is -2.19. The molecule has 0 radical (unpaired) electrons. The number of benzene rings is 1. The minimum absolute atomic E-state index is 0.108. The van der Waals surface area contributed by atoms with Gasteiger partial charge < -0.3 is 19.9 Å². The van der Waals surface area contributed by atoms with Crippen LogP contribution in [0.4, 0.5) is 5.69 Å². The van der Waals surface area contributed by atoms with Crippen molar-refractivity contribution in [1.29, 1.82) is 0 Å². The molecule has 0 saturated carbocycles. The molecule has 1 atom stereocenters. The van der Waals surface area contributed by atoms with Gasteiger partial charge in [0.15, 0.2) is 0 Å². The van der Waals surface area contributed by atoms with Crippen molar-refractivity contribution in [2.24, 2.45) is 5.92 Å². The van der Waals surface area contributed by atoms with E-state index in [4.69, 9.17) is 4.74 Å². The Morgan fingerprint density at radius 2 is 2.21 bits per heavy atom. The zero-order valence-corrected chi connectivity index (χ0v) is 13.9. The van der Waals surface area contributed by atoms with E-state index in [0.717, 1.165) is 11.3 Å². The summed E-state index contributed by atoms with van der Waals surface area (Å²) >= 11 is 1.05. The second-order valence-corrected chi connectivity index (χ2v) is 6.31. The van der Waals surface area contributed by atoms with Gasteiger partial charge in [-0.2, -0.15) is 0 Å². The Kier molecular flexibility index (Phi) is 4.66. The fourth-order valence-electron chi connectivity index (χ4n) is 2.70. The Morgan fingerprint density at radius 3 is 2.92 bits per heavy atom. The number of para-hydroxylation sites is 2. The Hall–Kier alpha value is -2.61. The molecule has 1 aromatic heterocycles. The SMILES string of the molecule is COc1ccccc1N1CC(C(=O)NCc2csc(=O)[nH]2)CC1=O. The average Bonchev–Trinajstić information content (AvgIpc) is 3.18. The average molecular weight is 347 g/mol. The van der Waals surface area contributed by atoms with Gasteiger partial charge in [-0.05, 0) is 12.1 Å². The second kappa shape index (κ2) is 6.88. The van der Waals surface area contributed by atoms with Gasteiger partial charge >= 0.3 is 4.87 Å². The van der Waals surface area contributed by atoms with Crippen LogP contribution in [0, 0.1) is 5.92 Å². The van der Waals surface area contributed by atoms with Crippen molar-refractivity contribution in [2.75, 3.05) is 18.6 Å². The lowest BCUT2D eigenvalue weighted by Crippen LogP contribution is -2.32. The van der Waals surface area contributed by atoms with Gasteiger partial charge in [-0.1, -0.05) is 23.5 Å². The van der Waals surface area contributed by atoms with Crippen LogP contribution in [0.15, 0.2) is 34.4 Å². The normalized spacial score (nSPS) is 17.1. The molecule has 2 N–H and O–H groups in total. The van der Waals surface area contributed by atoms with Crippen molar-refractivity contribution < 1.29 is 14.3 Å². The van der Waals surface area contributed by atoms with Crippen molar-refractivity contribution in [3.63, 3.8) is 0 Å². The molecule has 1 saturated heterocycles. The third-order valence-corrected chi connectivity index (χ3v) is 4.61. The summed E-state index contributed by atoms with van der Waals surface area (Å²) in [6.07, 6.45) is 0.157. The van der Waals surface area contributed by atoms with Crippen LogP contribution in [0.1, 0.15) is 12.1 Å². The molecule has 1 aromatic carbocycles. The van der Waals surface area contributed by atoms with Gasteiger partial charge in [0.2, 0.25) is 11.8 Å². The van der Waals surface area contributed by atoms with Gasteiger partial charge in [-0.25, -0.2) is 0 Å². The molecule has 126 valence electrons. The lowest BCUT2D eigenvalue weighted by molar-refractivity contribution is -0.126. The molecule has 1 fully saturated rings. The molecule has 2 aromatic rings. The monoisotopic (exact) mass is 347 g/mol. The molecule has 0 aliphatic carbocycles. The first-order valence-corrected chi connectivity index (χ1v) is 8.34. The van der Waals surface area contributed by atoms with E-state index in [-0.39, 0.29) is 29.7 Å². The molecule has 7 nitrogen and oxygen atoms in total. The number of hydrogen-bond acceptors (Lipinski definition) is 5. The summed E-state index contributed by atoms with van der Waals surface area (Å²) in [5.74, 6) is -0.132. The molecular formula is C16H17N3O4S. The highest BCUT2D eigenvalue weighted by molar-refractivity contribution is 7.07. The Labute approximate surface area is 142 Å². The minimum Gasteiger partial charge on any atom is -0.495 e. The van der Waals surface area contributed by atoms with Gasteiger partial charge in [-0.3, -0.25) is 14.4 Å². The van der Waals surface area contributed by atoms with Crippen LogP contribution in [-0.4, -0.2) is 30.5 Å². The fourth-order valence-corrected chi connectivity index (χ4v) is 3.28. The van der Waals surface area contributed by atoms with Crippen molar-refractivity contribution in [2.45, 2.75) is 13.0 Å². The molecule has 2 heterocycles. The number of amides is 2. The number of ether oxygens (including phenoxy) is 1. The van der Waals surface area contributed by atoms with E-state index in [2.05, 4.69) is 10.3 Å². The van der Waals surface area contributed by atoms with Crippen LogP contribution in [-0.2, 0) is 16.1 Å². The first-order chi connectivity index (χ1) is 11.6. The minimum atomic E-state index is -0.423. The highest BCUT2D eigenvalue weighted by atomic mass is 32.1. The van der Waals surface area contributed by atoms with Gasteiger partial charge in [0, 0.05) is 24.0 Å². The topological polar surface area (TPSA) is 91.5 Å². The van der Waals surface area contributed by atoms with E-state index in [1.54, 1.807) is 29.5 Å². The van der Waals surface area contributed by atoms with Gasteiger partial charge in [0.25, 0.3) is 0 Å². The number of carbonyl (C=O) groups excluding carboxylic acids is 2. The number of anilines is 1. The summed E-state index contributed by atoms with van der Waals surface area (Å²) in [6, 6.07) is 7.23. The molecule has 0 bridgehead atoms. The number of nitrogens with zero attached hydrogens (tertiary/aromatic N) is 1. The second-order valence-electron chi connectivity index (χ2n) is 5.47. The van der Waals surface area contributed by atoms with E-state index in [1.165, 1.54) is 0 Å². The Balaban J connectivity index is 1.65. The van der Waals surface area contributed by atoms with E-state index in [9.17, 15) is 14.4 Å². The summed E-state index contributed by atoms with van der Waals surface area (Å²) < 4.78 is 5.28. The highest BCUT2D eigenvalue weighted by Crippen LogP contribution is 2.32. The van der Waals surface area contributed by atoms with Crippen molar-refractivity contribution >= 4 is 28.8 Å². The summed E-state index contributed by atoms with van der Waals surface area (Å²) in [7, 11) is 1.55. The Morgan fingerprint density at radius 1 is 1.42 bits per heavy atom. The van der Waals surface area contributed by atoms with E-state index in [1.807, 2.05) is 12.1 Å². The molecule has 3 rings (SSSR count). The van der Waals surface area contributed by atoms with E-state index >= 15 is 0 Å². The number of thiazole rings is 1. The summed E-state index contributed by atoms with van der Waals surface area (Å²) in [4.78, 5) is 39.7. The number of methoxy groups -OCH3 is 1. The zero-order valence-electron chi connectivity index (χ0n) is 13.1. The predicted octanol–water partition coefficient (Wildman–Crippen LogP) is 1.11.